The van der Waals surface area contributed by atoms with Crippen LogP contribution in [0.3, 0.4) is 0 Å². The molecule has 0 radical (unpaired) electrons. The van der Waals surface area contributed by atoms with E-state index in [2.05, 4.69) is 10.3 Å². The number of carbonyl (C=O) groups excluding carboxylic acids is 1. The van der Waals surface area contributed by atoms with Gasteiger partial charge in [-0.15, -0.1) is 0 Å². The molecule has 0 aliphatic heterocycles. The van der Waals surface area contributed by atoms with Gasteiger partial charge in [-0.05, 0) is 48.0 Å². The number of nitrogens with zero attached hydrogens (tertiary/aromatic N) is 1. The summed E-state index contributed by atoms with van der Waals surface area (Å²) in [5.41, 5.74) is 2.74. The molecule has 1 amide bonds. The first-order chi connectivity index (χ1) is 12.1. The van der Waals surface area contributed by atoms with Crippen molar-refractivity contribution in [2.75, 3.05) is 5.32 Å². The van der Waals surface area contributed by atoms with Crippen LogP contribution >= 0.6 is 23.2 Å². The van der Waals surface area contributed by atoms with Crippen molar-refractivity contribution in [2.45, 2.75) is 0 Å². The number of amides is 1. The van der Waals surface area contributed by atoms with Crippen LogP contribution in [-0.2, 0) is 0 Å². The lowest BCUT2D eigenvalue weighted by Crippen LogP contribution is -2.11. The molecule has 0 spiro atoms. The second-order valence-corrected chi connectivity index (χ2v) is 6.14. The van der Waals surface area contributed by atoms with Crippen molar-refractivity contribution >= 4 is 46.7 Å². The van der Waals surface area contributed by atoms with Gasteiger partial charge in [-0.3, -0.25) is 9.79 Å². The maximum Gasteiger partial charge on any atom is 0.255 e. The molecule has 0 saturated carbocycles. The average molecular weight is 369 g/mol. The fraction of sp³-hybridized carbons (Fsp3) is 0. The van der Waals surface area contributed by atoms with Gasteiger partial charge < -0.3 is 5.32 Å². The number of aliphatic imine (C=N–C) groups is 1. The maximum absolute atomic E-state index is 12.2. The van der Waals surface area contributed by atoms with Gasteiger partial charge in [0.05, 0.1) is 16.4 Å². The smallest absolute Gasteiger partial charge is 0.255 e. The summed E-state index contributed by atoms with van der Waals surface area (Å²) in [6.07, 6.45) is 1.73. The summed E-state index contributed by atoms with van der Waals surface area (Å²) < 4.78 is 0. The average Bonchev–Trinajstić information content (AvgIpc) is 2.64. The number of hydrogen-bond acceptors (Lipinski definition) is 2. The van der Waals surface area contributed by atoms with Crippen LogP contribution in [0.1, 0.15) is 15.9 Å². The van der Waals surface area contributed by atoms with Crippen LogP contribution < -0.4 is 5.32 Å². The highest BCUT2D eigenvalue weighted by Crippen LogP contribution is 2.27. The molecular weight excluding hydrogens is 355 g/mol. The van der Waals surface area contributed by atoms with Gasteiger partial charge in [0.15, 0.2) is 0 Å². The molecule has 0 heterocycles. The zero-order valence-corrected chi connectivity index (χ0v) is 14.6. The van der Waals surface area contributed by atoms with Gasteiger partial charge in [-0.25, -0.2) is 0 Å². The fourth-order valence-electron chi connectivity index (χ4n) is 2.17. The summed E-state index contributed by atoms with van der Waals surface area (Å²) in [6, 6.07) is 21.6. The number of benzene rings is 3. The van der Waals surface area contributed by atoms with Crippen LogP contribution in [0.15, 0.2) is 77.8 Å². The van der Waals surface area contributed by atoms with E-state index in [0.717, 1.165) is 5.56 Å². The number of anilines is 1. The standard InChI is InChI=1S/C20H14Cl2N2O/c21-16-8-6-14(7-9-16)13-23-17-10-11-19(18(22)12-17)24-20(25)15-4-2-1-3-5-15/h1-13H,(H,24,25). The van der Waals surface area contributed by atoms with Crippen LogP contribution in [0.4, 0.5) is 11.4 Å². The molecule has 25 heavy (non-hydrogen) atoms. The van der Waals surface area contributed by atoms with Gasteiger partial charge >= 0.3 is 0 Å². The lowest BCUT2D eigenvalue weighted by Gasteiger charge is -2.07. The van der Waals surface area contributed by atoms with Crippen molar-refractivity contribution in [1.29, 1.82) is 0 Å². The Morgan fingerprint density at radius 2 is 1.64 bits per heavy atom. The molecule has 0 bridgehead atoms. The second kappa shape index (κ2) is 7.97. The van der Waals surface area contributed by atoms with Crippen LogP contribution in [0.25, 0.3) is 0 Å². The first kappa shape index (κ1) is 17.2. The van der Waals surface area contributed by atoms with E-state index in [9.17, 15) is 4.79 Å². The van der Waals surface area contributed by atoms with Crippen molar-refractivity contribution in [3.8, 4) is 0 Å². The Labute approximate surface area is 155 Å². The van der Waals surface area contributed by atoms with Crippen molar-refractivity contribution in [3.05, 3.63) is 94.0 Å². The molecule has 0 atom stereocenters. The zero-order chi connectivity index (χ0) is 17.6. The van der Waals surface area contributed by atoms with E-state index in [1.807, 2.05) is 30.3 Å². The van der Waals surface area contributed by atoms with Gasteiger partial charge in [-0.1, -0.05) is 53.5 Å². The molecule has 3 rings (SSSR count). The molecule has 0 saturated heterocycles. The largest absolute Gasteiger partial charge is 0.321 e. The molecule has 5 heteroatoms. The summed E-state index contributed by atoms with van der Waals surface area (Å²) in [5.74, 6) is -0.208. The van der Waals surface area contributed by atoms with E-state index in [1.165, 1.54) is 0 Å². The molecule has 0 aliphatic rings. The lowest BCUT2D eigenvalue weighted by molar-refractivity contribution is 0.102. The Balaban J connectivity index is 1.72. The Morgan fingerprint density at radius 3 is 2.32 bits per heavy atom. The molecule has 3 aromatic rings. The van der Waals surface area contributed by atoms with Crippen LogP contribution in [-0.4, -0.2) is 12.1 Å². The monoisotopic (exact) mass is 368 g/mol. The number of carbonyl (C=O) groups is 1. The zero-order valence-electron chi connectivity index (χ0n) is 13.1. The highest BCUT2D eigenvalue weighted by Gasteiger charge is 2.08. The third-order valence-corrected chi connectivity index (χ3v) is 4.03. The predicted molar refractivity (Wildman–Crippen MR) is 105 cm³/mol. The van der Waals surface area contributed by atoms with E-state index in [-0.39, 0.29) is 5.91 Å². The molecule has 0 fully saturated rings. The minimum absolute atomic E-state index is 0.208. The van der Waals surface area contributed by atoms with E-state index in [1.54, 1.807) is 48.7 Å². The van der Waals surface area contributed by atoms with Crippen molar-refractivity contribution in [2.24, 2.45) is 4.99 Å². The number of nitrogens with one attached hydrogen (secondary N) is 1. The third-order valence-electron chi connectivity index (χ3n) is 3.47. The first-order valence-electron chi connectivity index (χ1n) is 7.57. The number of hydrogen-bond donors (Lipinski definition) is 1. The summed E-state index contributed by atoms with van der Waals surface area (Å²) in [6.45, 7) is 0. The molecule has 1 N–H and O–H groups in total. The van der Waals surface area contributed by atoms with Gasteiger partial charge in [0.1, 0.15) is 0 Å². The molecule has 0 aromatic heterocycles. The van der Waals surface area contributed by atoms with Gasteiger partial charge in [0.25, 0.3) is 5.91 Å². The molecule has 124 valence electrons. The van der Waals surface area contributed by atoms with E-state index in [0.29, 0.717) is 27.0 Å². The van der Waals surface area contributed by atoms with Gasteiger partial charge in [-0.2, -0.15) is 0 Å². The van der Waals surface area contributed by atoms with Gasteiger partial charge in [0, 0.05) is 16.8 Å². The summed E-state index contributed by atoms with van der Waals surface area (Å²) in [4.78, 5) is 16.6. The minimum Gasteiger partial charge on any atom is -0.321 e. The van der Waals surface area contributed by atoms with E-state index in [4.69, 9.17) is 23.2 Å². The normalized spacial score (nSPS) is 10.8. The van der Waals surface area contributed by atoms with Crippen molar-refractivity contribution in [3.63, 3.8) is 0 Å². The summed E-state index contributed by atoms with van der Waals surface area (Å²) >= 11 is 12.1. The highest BCUT2D eigenvalue weighted by atomic mass is 35.5. The van der Waals surface area contributed by atoms with Crippen LogP contribution in [0.5, 0.6) is 0 Å². The first-order valence-corrected chi connectivity index (χ1v) is 8.33. The lowest BCUT2D eigenvalue weighted by atomic mass is 10.2. The fourth-order valence-corrected chi connectivity index (χ4v) is 2.52. The predicted octanol–water partition coefficient (Wildman–Crippen LogP) is 6.00. The molecule has 3 aromatic carbocycles. The highest BCUT2D eigenvalue weighted by molar-refractivity contribution is 6.34. The van der Waals surface area contributed by atoms with E-state index >= 15 is 0 Å². The molecular formula is C20H14Cl2N2O. The Morgan fingerprint density at radius 1 is 0.920 bits per heavy atom. The van der Waals surface area contributed by atoms with Gasteiger partial charge in [0.2, 0.25) is 0 Å². The summed E-state index contributed by atoms with van der Waals surface area (Å²) in [7, 11) is 0. The summed E-state index contributed by atoms with van der Waals surface area (Å²) in [5, 5.41) is 3.90. The maximum atomic E-state index is 12.2. The Hall–Kier alpha value is -2.62. The molecule has 0 unspecified atom stereocenters. The topological polar surface area (TPSA) is 41.5 Å². The number of halogens is 2. The van der Waals surface area contributed by atoms with Crippen LogP contribution in [0.2, 0.25) is 10.0 Å². The quantitative estimate of drug-likeness (QED) is 0.564. The Kier molecular flexibility index (Phi) is 5.49. The Bertz CT molecular complexity index is 907. The second-order valence-electron chi connectivity index (χ2n) is 5.29. The number of rotatable bonds is 4. The SMILES string of the molecule is O=C(Nc1ccc(N=Cc2ccc(Cl)cc2)cc1Cl)c1ccccc1. The van der Waals surface area contributed by atoms with Crippen LogP contribution in [0, 0.1) is 0 Å². The minimum atomic E-state index is -0.208. The van der Waals surface area contributed by atoms with Crippen molar-refractivity contribution < 1.29 is 4.79 Å². The van der Waals surface area contributed by atoms with E-state index < -0.39 is 0 Å². The third kappa shape index (κ3) is 4.69. The molecule has 3 nitrogen and oxygen atoms in total. The van der Waals surface area contributed by atoms with Crippen molar-refractivity contribution in [1.82, 2.24) is 0 Å². The molecule has 0 aliphatic carbocycles.